The number of primary amides is 1. The fourth-order valence-electron chi connectivity index (χ4n) is 2.96. The monoisotopic (exact) mass is 331 g/mol. The molecule has 1 saturated heterocycles. The van der Waals surface area contributed by atoms with Crippen LogP contribution in [0, 0.1) is 5.82 Å². The molecule has 2 aromatic heterocycles. The van der Waals surface area contributed by atoms with Crippen LogP contribution in [0.3, 0.4) is 0 Å². The second kappa shape index (κ2) is 5.68. The van der Waals surface area contributed by atoms with Crippen LogP contribution in [0.15, 0.2) is 27.1 Å². The Morgan fingerprint density at radius 1 is 1.42 bits per heavy atom. The first-order valence-corrected chi connectivity index (χ1v) is 7.52. The zero-order valence-corrected chi connectivity index (χ0v) is 12.6. The van der Waals surface area contributed by atoms with Crippen LogP contribution in [0.1, 0.15) is 41.3 Å². The van der Waals surface area contributed by atoms with Gasteiger partial charge in [-0.05, 0) is 31.5 Å². The summed E-state index contributed by atoms with van der Waals surface area (Å²) >= 11 is 0. The molecular formula is C15H14FN5O3. The first kappa shape index (κ1) is 14.8. The van der Waals surface area contributed by atoms with Gasteiger partial charge in [0.25, 0.3) is 11.7 Å². The van der Waals surface area contributed by atoms with Crippen molar-refractivity contribution < 1.29 is 18.1 Å². The topological polar surface area (TPSA) is 111 Å². The Morgan fingerprint density at radius 3 is 3.08 bits per heavy atom. The fraction of sp³-hybridized carbons (Fsp3) is 0.333. The number of nitrogens with two attached hydrogens (primary N) is 1. The van der Waals surface area contributed by atoms with Crippen LogP contribution in [0.5, 0.6) is 0 Å². The van der Waals surface area contributed by atoms with Crippen molar-refractivity contribution in [3.05, 3.63) is 41.6 Å². The molecule has 1 fully saturated rings. The zero-order chi connectivity index (χ0) is 16.7. The molecule has 4 rings (SSSR count). The van der Waals surface area contributed by atoms with Crippen molar-refractivity contribution in [2.24, 2.45) is 5.73 Å². The predicted molar refractivity (Wildman–Crippen MR) is 79.2 cm³/mol. The first-order chi connectivity index (χ1) is 11.6. The van der Waals surface area contributed by atoms with Crippen molar-refractivity contribution in [3.63, 3.8) is 0 Å². The molecule has 0 radical (unpaired) electrons. The number of benzene rings is 1. The van der Waals surface area contributed by atoms with Crippen molar-refractivity contribution in [2.75, 3.05) is 6.54 Å². The summed E-state index contributed by atoms with van der Waals surface area (Å²) < 4.78 is 24.0. The number of hydrogen-bond donors (Lipinski definition) is 1. The molecule has 9 heteroatoms. The van der Waals surface area contributed by atoms with E-state index in [0.717, 1.165) is 19.4 Å². The normalized spacial score (nSPS) is 18.5. The SMILES string of the molecule is NC(=O)c1noc([C@H]2CCCN2Cc2nc3cc(F)ccc3o2)n1. The van der Waals surface area contributed by atoms with Crippen molar-refractivity contribution in [1.29, 1.82) is 0 Å². The molecule has 124 valence electrons. The number of likely N-dealkylation sites (tertiary alicyclic amines) is 1. The van der Waals surface area contributed by atoms with Crippen molar-refractivity contribution >= 4 is 17.0 Å². The molecular weight excluding hydrogens is 317 g/mol. The Hall–Kier alpha value is -2.81. The minimum atomic E-state index is -0.726. The molecule has 0 unspecified atom stereocenters. The number of hydrogen-bond acceptors (Lipinski definition) is 7. The average molecular weight is 331 g/mol. The predicted octanol–water partition coefficient (Wildman–Crippen LogP) is 1.79. The van der Waals surface area contributed by atoms with Crippen LogP contribution in [0.4, 0.5) is 4.39 Å². The van der Waals surface area contributed by atoms with E-state index in [2.05, 4.69) is 20.0 Å². The molecule has 1 aromatic carbocycles. The third-order valence-electron chi connectivity index (χ3n) is 4.04. The lowest BCUT2D eigenvalue weighted by Crippen LogP contribution is -2.23. The van der Waals surface area contributed by atoms with Crippen molar-refractivity contribution in [3.8, 4) is 0 Å². The second-order valence-corrected chi connectivity index (χ2v) is 5.67. The number of oxazole rings is 1. The molecule has 1 aliphatic rings. The van der Waals surface area contributed by atoms with E-state index in [4.69, 9.17) is 14.7 Å². The summed E-state index contributed by atoms with van der Waals surface area (Å²) in [5.74, 6) is -0.378. The Bertz CT molecular complexity index is 906. The van der Waals surface area contributed by atoms with Crippen LogP contribution >= 0.6 is 0 Å². The summed E-state index contributed by atoms with van der Waals surface area (Å²) in [6, 6.07) is 4.10. The van der Waals surface area contributed by atoms with Crippen LogP contribution in [0.25, 0.3) is 11.1 Å². The van der Waals surface area contributed by atoms with E-state index in [-0.39, 0.29) is 17.7 Å². The summed E-state index contributed by atoms with van der Waals surface area (Å²) in [4.78, 5) is 21.5. The van der Waals surface area contributed by atoms with E-state index in [9.17, 15) is 9.18 Å². The van der Waals surface area contributed by atoms with E-state index < -0.39 is 5.91 Å². The molecule has 3 aromatic rings. The highest BCUT2D eigenvalue weighted by Crippen LogP contribution is 2.32. The number of halogens is 1. The highest BCUT2D eigenvalue weighted by atomic mass is 19.1. The van der Waals surface area contributed by atoms with E-state index in [0.29, 0.717) is 29.4 Å². The average Bonchev–Trinajstić information content (AvgIpc) is 3.24. The highest BCUT2D eigenvalue weighted by Gasteiger charge is 2.32. The van der Waals surface area contributed by atoms with Crippen molar-refractivity contribution in [2.45, 2.75) is 25.4 Å². The van der Waals surface area contributed by atoms with Gasteiger partial charge in [0.1, 0.15) is 11.3 Å². The number of aromatic nitrogens is 3. The lowest BCUT2D eigenvalue weighted by atomic mass is 10.2. The molecule has 0 spiro atoms. The quantitative estimate of drug-likeness (QED) is 0.775. The molecule has 24 heavy (non-hydrogen) atoms. The van der Waals surface area contributed by atoms with Gasteiger partial charge in [-0.3, -0.25) is 9.69 Å². The molecule has 1 atom stereocenters. The number of amides is 1. The van der Waals surface area contributed by atoms with Gasteiger partial charge in [-0.25, -0.2) is 9.37 Å². The van der Waals surface area contributed by atoms with Crippen LogP contribution in [-0.4, -0.2) is 32.5 Å². The lowest BCUT2D eigenvalue weighted by molar-refractivity contribution is 0.0987. The molecule has 0 bridgehead atoms. The lowest BCUT2D eigenvalue weighted by Gasteiger charge is -2.19. The molecule has 3 heterocycles. The number of carbonyl (C=O) groups excluding carboxylic acids is 1. The number of rotatable bonds is 4. The van der Waals surface area contributed by atoms with E-state index in [1.54, 1.807) is 6.07 Å². The van der Waals surface area contributed by atoms with Gasteiger partial charge in [-0.1, -0.05) is 5.16 Å². The van der Waals surface area contributed by atoms with Gasteiger partial charge < -0.3 is 14.7 Å². The maximum atomic E-state index is 13.2. The van der Waals surface area contributed by atoms with E-state index >= 15 is 0 Å². The van der Waals surface area contributed by atoms with Gasteiger partial charge in [0.05, 0.1) is 12.6 Å². The standard InChI is InChI=1S/C15H14FN5O3/c16-8-3-4-11-9(6-8)18-12(23-11)7-21-5-1-2-10(21)15-19-14(13(17)22)20-24-15/h3-4,6,10H,1-2,5,7H2,(H2,17,22)/t10-/m1/s1. The van der Waals surface area contributed by atoms with Gasteiger partial charge in [-0.2, -0.15) is 4.98 Å². The largest absolute Gasteiger partial charge is 0.439 e. The molecule has 1 aliphatic heterocycles. The number of fused-ring (bicyclic) bond motifs is 1. The van der Waals surface area contributed by atoms with Gasteiger partial charge in [0.15, 0.2) is 5.58 Å². The molecule has 2 N–H and O–H groups in total. The maximum absolute atomic E-state index is 13.2. The minimum Gasteiger partial charge on any atom is -0.439 e. The summed E-state index contributed by atoms with van der Waals surface area (Å²) in [7, 11) is 0. The van der Waals surface area contributed by atoms with Gasteiger partial charge in [-0.15, -0.1) is 0 Å². The Morgan fingerprint density at radius 2 is 2.29 bits per heavy atom. The minimum absolute atomic E-state index is 0.127. The molecule has 0 saturated carbocycles. The van der Waals surface area contributed by atoms with Crippen LogP contribution in [0.2, 0.25) is 0 Å². The summed E-state index contributed by atoms with van der Waals surface area (Å²) in [5, 5.41) is 3.58. The highest BCUT2D eigenvalue weighted by molar-refractivity contribution is 5.88. The maximum Gasteiger partial charge on any atom is 0.290 e. The fourth-order valence-corrected chi connectivity index (χ4v) is 2.96. The Balaban J connectivity index is 1.56. The van der Waals surface area contributed by atoms with E-state index in [1.165, 1.54) is 12.1 Å². The smallest absolute Gasteiger partial charge is 0.290 e. The second-order valence-electron chi connectivity index (χ2n) is 5.67. The summed E-state index contributed by atoms with van der Waals surface area (Å²) in [5.41, 5.74) is 6.17. The molecule has 1 amide bonds. The first-order valence-electron chi connectivity index (χ1n) is 7.52. The number of nitrogens with zero attached hydrogens (tertiary/aromatic N) is 4. The van der Waals surface area contributed by atoms with Gasteiger partial charge >= 0.3 is 0 Å². The molecule has 8 nitrogen and oxygen atoms in total. The van der Waals surface area contributed by atoms with Gasteiger partial charge in [0.2, 0.25) is 11.8 Å². The summed E-state index contributed by atoms with van der Waals surface area (Å²) in [6.07, 6.45) is 1.75. The van der Waals surface area contributed by atoms with E-state index in [1.807, 2.05) is 0 Å². The third kappa shape index (κ3) is 2.62. The van der Waals surface area contributed by atoms with Crippen molar-refractivity contribution in [1.82, 2.24) is 20.0 Å². The van der Waals surface area contributed by atoms with Crippen LogP contribution in [-0.2, 0) is 6.54 Å². The third-order valence-corrected chi connectivity index (χ3v) is 4.04. The Kier molecular flexibility index (Phi) is 3.49. The summed E-state index contributed by atoms with van der Waals surface area (Å²) in [6.45, 7) is 1.22. The Labute approximate surface area is 135 Å². The molecule has 0 aliphatic carbocycles. The van der Waals surface area contributed by atoms with Gasteiger partial charge in [0, 0.05) is 6.07 Å². The van der Waals surface area contributed by atoms with Crippen LogP contribution < -0.4 is 5.73 Å². The number of carbonyl (C=O) groups is 1. The zero-order valence-electron chi connectivity index (χ0n) is 12.6.